The Labute approximate surface area is 141 Å². The average Bonchev–Trinajstić information content (AvgIpc) is 2.78. The fourth-order valence-corrected chi connectivity index (χ4v) is 3.64. The minimum absolute atomic E-state index is 0.561. The van der Waals surface area contributed by atoms with Crippen LogP contribution in [0.1, 0.15) is 62.4 Å². The fraction of sp³-hybridized carbons (Fsp3) is 0.778. The topological polar surface area (TPSA) is 54.2 Å². The van der Waals surface area contributed by atoms with E-state index in [0.717, 1.165) is 24.1 Å². The van der Waals surface area contributed by atoms with E-state index in [1.54, 1.807) is 0 Å². The van der Waals surface area contributed by atoms with Crippen molar-refractivity contribution in [3.8, 4) is 0 Å². The molecule has 1 heterocycles. The van der Waals surface area contributed by atoms with Crippen molar-refractivity contribution in [1.29, 1.82) is 0 Å². The molecule has 0 aromatic carbocycles. The third-order valence-corrected chi connectivity index (χ3v) is 5.20. The second kappa shape index (κ2) is 8.37. The number of rotatable bonds is 5. The summed E-state index contributed by atoms with van der Waals surface area (Å²) in [6.45, 7) is 7.24. The Morgan fingerprint density at radius 3 is 2.48 bits per heavy atom. The van der Waals surface area contributed by atoms with E-state index in [1.165, 1.54) is 49.8 Å². The number of nitrogens with zero attached hydrogens (tertiary/aromatic N) is 3. The SMILES string of the molecule is CCCC1CCC(NC(=NC)NCc2c(C)nn(C)c2C)CC1. The molecule has 5 nitrogen and oxygen atoms in total. The lowest BCUT2D eigenvalue weighted by molar-refractivity contribution is 0.295. The van der Waals surface area contributed by atoms with E-state index in [0.29, 0.717) is 6.04 Å². The van der Waals surface area contributed by atoms with Crippen molar-refractivity contribution in [3.63, 3.8) is 0 Å². The van der Waals surface area contributed by atoms with E-state index >= 15 is 0 Å². The van der Waals surface area contributed by atoms with Crippen molar-refractivity contribution in [1.82, 2.24) is 20.4 Å². The summed E-state index contributed by atoms with van der Waals surface area (Å²) < 4.78 is 1.94. The Balaban J connectivity index is 1.82. The summed E-state index contributed by atoms with van der Waals surface area (Å²) in [6, 6.07) is 0.561. The van der Waals surface area contributed by atoms with Gasteiger partial charge in [0.05, 0.1) is 5.69 Å². The van der Waals surface area contributed by atoms with E-state index in [9.17, 15) is 0 Å². The van der Waals surface area contributed by atoms with Gasteiger partial charge in [0.1, 0.15) is 0 Å². The molecule has 1 fully saturated rings. The highest BCUT2D eigenvalue weighted by molar-refractivity contribution is 5.80. The molecule has 0 bridgehead atoms. The Bertz CT molecular complexity index is 524. The molecule has 0 saturated heterocycles. The molecule has 2 N–H and O–H groups in total. The van der Waals surface area contributed by atoms with Gasteiger partial charge >= 0.3 is 0 Å². The van der Waals surface area contributed by atoms with E-state index in [1.807, 2.05) is 18.8 Å². The van der Waals surface area contributed by atoms with Gasteiger partial charge in [0.25, 0.3) is 0 Å². The number of aryl methyl sites for hydroxylation is 2. The highest BCUT2D eigenvalue weighted by Crippen LogP contribution is 2.27. The Kier molecular flexibility index (Phi) is 6.48. The van der Waals surface area contributed by atoms with Crippen LogP contribution in [0.4, 0.5) is 0 Å². The third kappa shape index (κ3) is 4.72. The summed E-state index contributed by atoms with van der Waals surface area (Å²) in [5.74, 6) is 1.85. The summed E-state index contributed by atoms with van der Waals surface area (Å²) in [5.41, 5.74) is 3.57. The van der Waals surface area contributed by atoms with Crippen LogP contribution in [0.2, 0.25) is 0 Å². The molecule has 1 aliphatic carbocycles. The van der Waals surface area contributed by atoms with E-state index in [2.05, 4.69) is 41.5 Å². The number of hydrogen-bond acceptors (Lipinski definition) is 2. The Morgan fingerprint density at radius 2 is 1.96 bits per heavy atom. The zero-order valence-electron chi connectivity index (χ0n) is 15.4. The zero-order valence-corrected chi connectivity index (χ0v) is 15.4. The first-order valence-corrected chi connectivity index (χ1v) is 9.01. The zero-order chi connectivity index (χ0) is 16.8. The van der Waals surface area contributed by atoms with Crippen molar-refractivity contribution in [3.05, 3.63) is 17.0 Å². The summed E-state index contributed by atoms with van der Waals surface area (Å²) >= 11 is 0. The molecule has 130 valence electrons. The molecule has 2 rings (SSSR count). The highest BCUT2D eigenvalue weighted by Gasteiger charge is 2.21. The largest absolute Gasteiger partial charge is 0.354 e. The minimum atomic E-state index is 0.561. The van der Waals surface area contributed by atoms with Gasteiger partial charge < -0.3 is 10.6 Å². The maximum absolute atomic E-state index is 4.47. The van der Waals surface area contributed by atoms with Crippen LogP contribution < -0.4 is 10.6 Å². The van der Waals surface area contributed by atoms with Crippen molar-refractivity contribution in [2.75, 3.05) is 7.05 Å². The number of aliphatic imine (C=N–C) groups is 1. The lowest BCUT2D eigenvalue weighted by Crippen LogP contribution is -2.44. The monoisotopic (exact) mass is 319 g/mol. The molecule has 0 amide bonds. The van der Waals surface area contributed by atoms with Gasteiger partial charge in [-0.15, -0.1) is 0 Å². The van der Waals surface area contributed by atoms with Crippen LogP contribution >= 0.6 is 0 Å². The van der Waals surface area contributed by atoms with E-state index in [-0.39, 0.29) is 0 Å². The van der Waals surface area contributed by atoms with Crippen molar-refractivity contribution >= 4 is 5.96 Å². The summed E-state index contributed by atoms with van der Waals surface area (Å²) in [4.78, 5) is 4.39. The van der Waals surface area contributed by atoms with Crippen LogP contribution in [0.25, 0.3) is 0 Å². The lowest BCUT2D eigenvalue weighted by atomic mass is 9.83. The predicted molar refractivity (Wildman–Crippen MR) is 96.7 cm³/mol. The van der Waals surface area contributed by atoms with Crippen LogP contribution in [0, 0.1) is 19.8 Å². The first-order chi connectivity index (χ1) is 11.0. The number of aromatic nitrogens is 2. The summed E-state index contributed by atoms with van der Waals surface area (Å²) in [5, 5.41) is 11.5. The third-order valence-electron chi connectivity index (χ3n) is 5.20. The molecule has 0 atom stereocenters. The summed E-state index contributed by atoms with van der Waals surface area (Å²) in [6.07, 6.45) is 7.92. The average molecular weight is 319 g/mol. The van der Waals surface area contributed by atoms with Gasteiger partial charge in [-0.25, -0.2) is 0 Å². The Hall–Kier alpha value is -1.52. The van der Waals surface area contributed by atoms with Crippen molar-refractivity contribution < 1.29 is 0 Å². The van der Waals surface area contributed by atoms with Crippen LogP contribution in [-0.2, 0) is 13.6 Å². The Morgan fingerprint density at radius 1 is 1.26 bits per heavy atom. The number of nitrogens with one attached hydrogen (secondary N) is 2. The molecule has 1 saturated carbocycles. The number of guanidine groups is 1. The van der Waals surface area contributed by atoms with Gasteiger partial charge in [-0.05, 0) is 45.4 Å². The molecule has 0 aliphatic heterocycles. The second-order valence-corrected chi connectivity index (χ2v) is 6.85. The van der Waals surface area contributed by atoms with Gasteiger partial charge in [0, 0.05) is 37.9 Å². The number of hydrogen-bond donors (Lipinski definition) is 2. The lowest BCUT2D eigenvalue weighted by Gasteiger charge is -2.30. The van der Waals surface area contributed by atoms with Crippen LogP contribution in [0.3, 0.4) is 0 Å². The molecule has 1 aromatic rings. The van der Waals surface area contributed by atoms with Gasteiger partial charge in [-0.1, -0.05) is 19.8 Å². The molecule has 1 aliphatic rings. The maximum atomic E-state index is 4.47. The highest BCUT2D eigenvalue weighted by atomic mass is 15.3. The first-order valence-electron chi connectivity index (χ1n) is 9.01. The smallest absolute Gasteiger partial charge is 0.191 e. The van der Waals surface area contributed by atoms with Gasteiger partial charge in [0.2, 0.25) is 0 Å². The quantitative estimate of drug-likeness (QED) is 0.648. The minimum Gasteiger partial charge on any atom is -0.354 e. The van der Waals surface area contributed by atoms with Crippen molar-refractivity contribution in [2.24, 2.45) is 18.0 Å². The van der Waals surface area contributed by atoms with Crippen LogP contribution in [0.15, 0.2) is 4.99 Å². The molecule has 5 heteroatoms. The molecule has 0 radical (unpaired) electrons. The maximum Gasteiger partial charge on any atom is 0.191 e. The predicted octanol–water partition coefficient (Wildman–Crippen LogP) is 3.06. The van der Waals surface area contributed by atoms with E-state index in [4.69, 9.17) is 0 Å². The standard InChI is InChI=1S/C18H33N5/c1-6-7-15-8-10-16(11-9-15)21-18(19-4)20-12-17-13(2)22-23(5)14(17)3/h15-16H,6-12H2,1-5H3,(H2,19,20,21). The molecular formula is C18H33N5. The van der Waals surface area contributed by atoms with E-state index < -0.39 is 0 Å². The molecule has 0 spiro atoms. The van der Waals surface area contributed by atoms with Gasteiger partial charge in [-0.2, -0.15) is 5.10 Å². The first kappa shape index (κ1) is 17.8. The fourth-order valence-electron chi connectivity index (χ4n) is 3.64. The molecule has 0 unspecified atom stereocenters. The van der Waals surface area contributed by atoms with Crippen LogP contribution in [0.5, 0.6) is 0 Å². The second-order valence-electron chi connectivity index (χ2n) is 6.85. The van der Waals surface area contributed by atoms with Crippen LogP contribution in [-0.4, -0.2) is 28.8 Å². The normalized spacial score (nSPS) is 22.2. The molecular weight excluding hydrogens is 286 g/mol. The summed E-state index contributed by atoms with van der Waals surface area (Å²) in [7, 11) is 3.84. The molecule has 1 aromatic heterocycles. The van der Waals surface area contributed by atoms with Crippen molar-refractivity contribution in [2.45, 2.75) is 71.9 Å². The van der Waals surface area contributed by atoms with Gasteiger partial charge in [0.15, 0.2) is 5.96 Å². The molecule has 23 heavy (non-hydrogen) atoms. The van der Waals surface area contributed by atoms with Gasteiger partial charge in [-0.3, -0.25) is 9.67 Å².